The molecule has 1 aliphatic heterocycles. The number of rotatable bonds is 3. The monoisotopic (exact) mass is 307 g/mol. The lowest BCUT2D eigenvalue weighted by Gasteiger charge is -2.16. The SMILES string of the molecule is CC1OCCC1NS(=O)(=O)c1ccc2nc(N)ccc2c1. The Morgan fingerprint density at radius 2 is 2.14 bits per heavy atom. The van der Waals surface area contributed by atoms with Gasteiger partial charge in [-0.1, -0.05) is 0 Å². The second-order valence-corrected chi connectivity index (χ2v) is 6.90. The number of hydrogen-bond acceptors (Lipinski definition) is 5. The number of benzene rings is 1. The van der Waals surface area contributed by atoms with Gasteiger partial charge in [-0.2, -0.15) is 0 Å². The predicted molar refractivity (Wildman–Crippen MR) is 80.3 cm³/mol. The Bertz CT molecular complexity index is 776. The van der Waals surface area contributed by atoms with Crippen LogP contribution < -0.4 is 10.5 Å². The number of pyridine rings is 1. The fourth-order valence-electron chi connectivity index (χ4n) is 2.44. The summed E-state index contributed by atoms with van der Waals surface area (Å²) in [5.74, 6) is 0.410. The summed E-state index contributed by atoms with van der Waals surface area (Å²) in [5, 5.41) is 0.739. The minimum atomic E-state index is -3.57. The lowest BCUT2D eigenvalue weighted by Crippen LogP contribution is -2.39. The van der Waals surface area contributed by atoms with E-state index >= 15 is 0 Å². The Labute approximate surface area is 123 Å². The van der Waals surface area contributed by atoms with Crippen LogP contribution in [0.5, 0.6) is 0 Å². The van der Waals surface area contributed by atoms with Crippen molar-refractivity contribution in [2.45, 2.75) is 30.4 Å². The molecule has 0 spiro atoms. The molecule has 0 amide bonds. The van der Waals surface area contributed by atoms with E-state index in [1.165, 1.54) is 6.07 Å². The number of anilines is 1. The van der Waals surface area contributed by atoms with Crippen LogP contribution in [0.4, 0.5) is 5.82 Å². The predicted octanol–water partition coefficient (Wildman–Crippen LogP) is 1.27. The van der Waals surface area contributed by atoms with Gasteiger partial charge in [-0.25, -0.2) is 18.1 Å². The maximum Gasteiger partial charge on any atom is 0.240 e. The molecular formula is C14H17N3O3S. The van der Waals surface area contributed by atoms with Crippen LogP contribution in [0.1, 0.15) is 13.3 Å². The van der Waals surface area contributed by atoms with Gasteiger partial charge < -0.3 is 10.5 Å². The van der Waals surface area contributed by atoms with E-state index in [9.17, 15) is 8.42 Å². The molecule has 1 aromatic carbocycles. The second-order valence-electron chi connectivity index (χ2n) is 5.18. The van der Waals surface area contributed by atoms with E-state index in [-0.39, 0.29) is 17.0 Å². The largest absolute Gasteiger partial charge is 0.384 e. The van der Waals surface area contributed by atoms with Crippen molar-refractivity contribution in [3.8, 4) is 0 Å². The molecule has 6 nitrogen and oxygen atoms in total. The highest BCUT2D eigenvalue weighted by Crippen LogP contribution is 2.21. The van der Waals surface area contributed by atoms with Crippen molar-refractivity contribution in [2.75, 3.05) is 12.3 Å². The fourth-order valence-corrected chi connectivity index (χ4v) is 3.81. The molecule has 21 heavy (non-hydrogen) atoms. The van der Waals surface area contributed by atoms with Crippen LogP contribution in [-0.4, -0.2) is 32.2 Å². The molecule has 2 aromatic rings. The minimum Gasteiger partial charge on any atom is -0.384 e. The molecule has 1 aromatic heterocycles. The van der Waals surface area contributed by atoms with Gasteiger partial charge in [0.25, 0.3) is 0 Å². The van der Waals surface area contributed by atoms with Crippen LogP contribution in [0, 0.1) is 0 Å². The zero-order chi connectivity index (χ0) is 15.0. The van der Waals surface area contributed by atoms with E-state index in [4.69, 9.17) is 10.5 Å². The first-order chi connectivity index (χ1) is 9.95. The summed E-state index contributed by atoms with van der Waals surface area (Å²) in [5.41, 5.74) is 6.29. The van der Waals surface area contributed by atoms with Crippen LogP contribution in [0.15, 0.2) is 35.2 Å². The van der Waals surface area contributed by atoms with Crippen LogP contribution in [0.3, 0.4) is 0 Å². The second kappa shape index (κ2) is 5.25. The number of aromatic nitrogens is 1. The van der Waals surface area contributed by atoms with E-state index < -0.39 is 10.0 Å². The lowest BCUT2D eigenvalue weighted by molar-refractivity contribution is 0.117. The first kappa shape index (κ1) is 14.2. The van der Waals surface area contributed by atoms with Gasteiger partial charge in [-0.15, -0.1) is 0 Å². The first-order valence-electron chi connectivity index (χ1n) is 6.76. The molecule has 2 heterocycles. The molecule has 1 fully saturated rings. The zero-order valence-corrected chi connectivity index (χ0v) is 12.4. The molecule has 1 aliphatic rings. The van der Waals surface area contributed by atoms with Crippen LogP contribution >= 0.6 is 0 Å². The zero-order valence-electron chi connectivity index (χ0n) is 11.6. The Hall–Kier alpha value is -1.70. The van der Waals surface area contributed by atoms with Gasteiger partial charge >= 0.3 is 0 Å². The van der Waals surface area contributed by atoms with Crippen molar-refractivity contribution in [3.63, 3.8) is 0 Å². The number of nitrogens with two attached hydrogens (primary N) is 1. The summed E-state index contributed by atoms with van der Waals surface area (Å²) in [6.45, 7) is 2.45. The number of ether oxygens (including phenoxy) is 1. The van der Waals surface area contributed by atoms with Crippen molar-refractivity contribution in [1.82, 2.24) is 9.71 Å². The minimum absolute atomic E-state index is 0.110. The summed E-state index contributed by atoms with van der Waals surface area (Å²) in [7, 11) is -3.57. The number of hydrogen-bond donors (Lipinski definition) is 2. The summed E-state index contributed by atoms with van der Waals surface area (Å²) in [4.78, 5) is 4.38. The smallest absolute Gasteiger partial charge is 0.240 e. The molecule has 0 bridgehead atoms. The third kappa shape index (κ3) is 2.85. The van der Waals surface area contributed by atoms with Crippen molar-refractivity contribution >= 4 is 26.7 Å². The number of nitrogen functional groups attached to an aromatic ring is 1. The molecule has 2 unspecified atom stereocenters. The third-order valence-corrected chi connectivity index (χ3v) is 5.16. The molecular weight excluding hydrogens is 290 g/mol. The number of sulfonamides is 1. The summed E-state index contributed by atoms with van der Waals surface area (Å²) in [6.07, 6.45) is 0.577. The third-order valence-electron chi connectivity index (χ3n) is 3.68. The first-order valence-corrected chi connectivity index (χ1v) is 8.24. The summed E-state index contributed by atoms with van der Waals surface area (Å²) in [6, 6.07) is 8.03. The molecule has 3 rings (SSSR count). The normalized spacial score (nSPS) is 22.7. The van der Waals surface area contributed by atoms with Crippen LogP contribution in [0.25, 0.3) is 10.9 Å². The van der Waals surface area contributed by atoms with Gasteiger partial charge in [0.2, 0.25) is 10.0 Å². The molecule has 7 heteroatoms. The van der Waals surface area contributed by atoms with Gasteiger partial charge in [0.1, 0.15) is 5.82 Å². The Morgan fingerprint density at radius 3 is 2.86 bits per heavy atom. The van der Waals surface area contributed by atoms with E-state index in [0.717, 1.165) is 5.39 Å². The maximum atomic E-state index is 12.4. The van der Waals surface area contributed by atoms with Crippen LogP contribution in [-0.2, 0) is 14.8 Å². The number of fused-ring (bicyclic) bond motifs is 1. The number of nitrogens with one attached hydrogen (secondary N) is 1. The van der Waals surface area contributed by atoms with Gasteiger partial charge in [-0.05, 0) is 43.7 Å². The standard InChI is InChI=1S/C14H17N3O3S/c1-9-12(6-7-20-9)17-21(18,19)11-3-4-13-10(8-11)2-5-14(15)16-13/h2-5,8-9,12,17H,6-7H2,1H3,(H2,15,16). The molecule has 0 radical (unpaired) electrons. The van der Waals surface area contributed by atoms with Gasteiger partial charge in [0.15, 0.2) is 0 Å². The van der Waals surface area contributed by atoms with Crippen molar-refractivity contribution < 1.29 is 13.2 Å². The van der Waals surface area contributed by atoms with Gasteiger partial charge in [-0.3, -0.25) is 0 Å². The highest BCUT2D eigenvalue weighted by Gasteiger charge is 2.29. The van der Waals surface area contributed by atoms with Crippen LogP contribution in [0.2, 0.25) is 0 Å². The molecule has 2 atom stereocenters. The van der Waals surface area contributed by atoms with Gasteiger partial charge in [0.05, 0.1) is 22.6 Å². The fraction of sp³-hybridized carbons (Fsp3) is 0.357. The van der Waals surface area contributed by atoms with E-state index in [1.807, 2.05) is 6.92 Å². The molecule has 1 saturated heterocycles. The van der Waals surface area contributed by atoms with Crippen molar-refractivity contribution in [1.29, 1.82) is 0 Å². The summed E-state index contributed by atoms with van der Waals surface area (Å²) < 4.78 is 32.9. The van der Waals surface area contributed by atoms with Crippen molar-refractivity contribution in [3.05, 3.63) is 30.3 Å². The van der Waals surface area contributed by atoms with Crippen molar-refractivity contribution in [2.24, 2.45) is 0 Å². The summed E-state index contributed by atoms with van der Waals surface area (Å²) >= 11 is 0. The quantitative estimate of drug-likeness (QED) is 0.890. The average Bonchev–Trinajstić information content (AvgIpc) is 2.83. The molecule has 112 valence electrons. The maximum absolute atomic E-state index is 12.4. The van der Waals surface area contributed by atoms with Gasteiger partial charge in [0, 0.05) is 12.0 Å². The molecule has 0 saturated carbocycles. The molecule has 3 N–H and O–H groups in total. The van der Waals surface area contributed by atoms with E-state index in [2.05, 4.69) is 9.71 Å². The topological polar surface area (TPSA) is 94.3 Å². The number of nitrogens with zero attached hydrogens (tertiary/aromatic N) is 1. The average molecular weight is 307 g/mol. The highest BCUT2D eigenvalue weighted by molar-refractivity contribution is 7.89. The highest BCUT2D eigenvalue weighted by atomic mass is 32.2. The van der Waals surface area contributed by atoms with E-state index in [0.29, 0.717) is 24.4 Å². The Kier molecular flexibility index (Phi) is 3.56. The molecule has 0 aliphatic carbocycles. The Morgan fingerprint density at radius 1 is 1.33 bits per heavy atom. The lowest BCUT2D eigenvalue weighted by atomic mass is 10.2. The van der Waals surface area contributed by atoms with E-state index in [1.54, 1.807) is 24.3 Å². The Balaban J connectivity index is 1.93.